The Labute approximate surface area is 141 Å². The van der Waals surface area contributed by atoms with Gasteiger partial charge >= 0.3 is 6.09 Å². The van der Waals surface area contributed by atoms with Crippen molar-refractivity contribution in [2.24, 2.45) is 0 Å². The van der Waals surface area contributed by atoms with E-state index in [1.807, 2.05) is 6.92 Å². The minimum atomic E-state index is -1.38. The molecule has 8 nitrogen and oxygen atoms in total. The van der Waals surface area contributed by atoms with Crippen molar-refractivity contribution < 1.29 is 24.0 Å². The number of nitrogens with zero attached hydrogens (tertiary/aromatic N) is 1. The number of ether oxygens (including phenoxy) is 1. The van der Waals surface area contributed by atoms with E-state index in [2.05, 4.69) is 15.8 Å². The van der Waals surface area contributed by atoms with Crippen molar-refractivity contribution in [2.45, 2.75) is 71.2 Å². The zero-order valence-corrected chi connectivity index (χ0v) is 14.7. The van der Waals surface area contributed by atoms with Crippen molar-refractivity contribution in [2.75, 3.05) is 0 Å². The summed E-state index contributed by atoms with van der Waals surface area (Å²) >= 11 is 0. The molecule has 0 radical (unpaired) electrons. The zero-order valence-electron chi connectivity index (χ0n) is 14.7. The Hall–Kier alpha value is -2.09. The Morgan fingerprint density at radius 1 is 1.42 bits per heavy atom. The van der Waals surface area contributed by atoms with Crippen molar-refractivity contribution in [3.05, 3.63) is 18.0 Å². The minimum absolute atomic E-state index is 0.114. The number of aromatic nitrogens is 1. The highest BCUT2D eigenvalue weighted by atomic mass is 16.6. The smallest absolute Gasteiger partial charge is 0.407 e. The molecule has 136 valence electrons. The normalized spacial score (nSPS) is 13.9. The summed E-state index contributed by atoms with van der Waals surface area (Å²) in [6.45, 7) is 7.33. The van der Waals surface area contributed by atoms with Gasteiger partial charge in [0.1, 0.15) is 5.60 Å². The van der Waals surface area contributed by atoms with Crippen LogP contribution in [-0.2, 0) is 16.1 Å². The highest BCUT2D eigenvalue weighted by Crippen LogP contribution is 2.10. The van der Waals surface area contributed by atoms with Crippen LogP contribution in [0.15, 0.2) is 16.8 Å². The third-order valence-corrected chi connectivity index (χ3v) is 3.15. The van der Waals surface area contributed by atoms with Gasteiger partial charge in [0.15, 0.2) is 11.9 Å². The van der Waals surface area contributed by atoms with Gasteiger partial charge in [0.05, 0.1) is 18.8 Å². The van der Waals surface area contributed by atoms with Crippen molar-refractivity contribution in [1.82, 2.24) is 15.8 Å². The van der Waals surface area contributed by atoms with Crippen molar-refractivity contribution in [3.8, 4) is 0 Å². The average molecular weight is 341 g/mol. The number of carbonyl (C=O) groups is 2. The number of unbranched alkanes of at least 4 members (excludes halogenated alkanes) is 1. The van der Waals surface area contributed by atoms with E-state index in [-0.39, 0.29) is 6.54 Å². The Balaban J connectivity index is 2.60. The first-order valence-corrected chi connectivity index (χ1v) is 8.07. The second-order valence-electron chi connectivity index (χ2n) is 6.54. The fraction of sp³-hybridized carbons (Fsp3) is 0.688. The number of amides is 2. The molecule has 0 spiro atoms. The molecular formula is C16H27N3O5. The molecule has 1 heterocycles. The monoisotopic (exact) mass is 341 g/mol. The summed E-state index contributed by atoms with van der Waals surface area (Å²) in [5, 5.41) is 18.9. The van der Waals surface area contributed by atoms with Crippen molar-refractivity contribution in [3.63, 3.8) is 0 Å². The first-order valence-electron chi connectivity index (χ1n) is 8.07. The molecule has 0 aliphatic carbocycles. The highest BCUT2D eigenvalue weighted by molar-refractivity contribution is 5.82. The molecule has 0 aliphatic heterocycles. The second kappa shape index (κ2) is 9.27. The van der Waals surface area contributed by atoms with E-state index in [1.54, 1.807) is 26.8 Å². The lowest BCUT2D eigenvalue weighted by molar-refractivity contribution is -0.131. The van der Waals surface area contributed by atoms with Crippen LogP contribution < -0.4 is 10.6 Å². The van der Waals surface area contributed by atoms with Crippen LogP contribution in [0.2, 0.25) is 0 Å². The summed E-state index contributed by atoms with van der Waals surface area (Å²) in [4.78, 5) is 24.0. The maximum atomic E-state index is 12.1. The van der Waals surface area contributed by atoms with Gasteiger partial charge in [0.2, 0.25) is 0 Å². The van der Waals surface area contributed by atoms with Crippen LogP contribution in [0.25, 0.3) is 0 Å². The second-order valence-corrected chi connectivity index (χ2v) is 6.54. The van der Waals surface area contributed by atoms with Crippen LogP contribution in [0, 0.1) is 0 Å². The predicted molar refractivity (Wildman–Crippen MR) is 87.0 cm³/mol. The van der Waals surface area contributed by atoms with Gasteiger partial charge in [-0.2, -0.15) is 0 Å². The van der Waals surface area contributed by atoms with E-state index >= 15 is 0 Å². The predicted octanol–water partition coefficient (Wildman–Crippen LogP) is 1.74. The number of nitrogens with one attached hydrogen (secondary N) is 2. The van der Waals surface area contributed by atoms with Crippen LogP contribution in [0.5, 0.6) is 0 Å². The number of hydrogen-bond donors (Lipinski definition) is 3. The Bertz CT molecular complexity index is 510. The topological polar surface area (TPSA) is 114 Å². The number of rotatable bonds is 8. The molecule has 1 aromatic heterocycles. The molecule has 2 amide bonds. The molecule has 0 saturated heterocycles. The molecule has 3 N–H and O–H groups in total. The van der Waals surface area contributed by atoms with Gasteiger partial charge in [0, 0.05) is 6.07 Å². The van der Waals surface area contributed by atoms with Crippen LogP contribution in [0.4, 0.5) is 4.79 Å². The lowest BCUT2D eigenvalue weighted by Crippen LogP contribution is -2.51. The standard InChI is InChI=1S/C16H27N3O5/c1-5-6-7-12(19-15(22)23-16(2,3)4)13(20)14(21)17-10-11-8-9-18-24-11/h8-9,12-13,20H,5-7,10H2,1-4H3,(H,17,21)(H,19,22)/t12-,13-/m0/s1. The third-order valence-electron chi connectivity index (χ3n) is 3.15. The Morgan fingerprint density at radius 3 is 2.67 bits per heavy atom. The highest BCUT2D eigenvalue weighted by Gasteiger charge is 2.29. The molecule has 0 saturated carbocycles. The molecule has 0 fully saturated rings. The molecule has 0 aliphatic rings. The molecule has 0 aromatic carbocycles. The van der Waals surface area contributed by atoms with E-state index in [9.17, 15) is 14.7 Å². The van der Waals surface area contributed by atoms with E-state index in [0.717, 1.165) is 12.8 Å². The minimum Gasteiger partial charge on any atom is -0.444 e. The molecular weight excluding hydrogens is 314 g/mol. The number of alkyl carbamates (subject to hydrolysis) is 1. The van der Waals surface area contributed by atoms with E-state index in [1.165, 1.54) is 6.20 Å². The lowest BCUT2D eigenvalue weighted by Gasteiger charge is -2.26. The number of carbonyl (C=O) groups excluding carboxylic acids is 2. The maximum absolute atomic E-state index is 12.1. The van der Waals surface area contributed by atoms with Crippen molar-refractivity contribution >= 4 is 12.0 Å². The zero-order chi connectivity index (χ0) is 18.2. The summed E-state index contributed by atoms with van der Waals surface area (Å²) < 4.78 is 10.1. The van der Waals surface area contributed by atoms with Gasteiger partial charge in [-0.15, -0.1) is 0 Å². The molecule has 24 heavy (non-hydrogen) atoms. The van der Waals surface area contributed by atoms with E-state index in [0.29, 0.717) is 12.2 Å². The first-order chi connectivity index (χ1) is 11.2. The summed E-state index contributed by atoms with van der Waals surface area (Å²) in [5.41, 5.74) is -0.654. The van der Waals surface area contributed by atoms with Gasteiger partial charge < -0.3 is 25.0 Å². The fourth-order valence-corrected chi connectivity index (χ4v) is 1.99. The van der Waals surface area contributed by atoms with Crippen LogP contribution in [0.1, 0.15) is 52.7 Å². The van der Waals surface area contributed by atoms with E-state index < -0.39 is 29.7 Å². The number of aliphatic hydroxyl groups is 1. The Morgan fingerprint density at radius 2 is 2.12 bits per heavy atom. The molecule has 8 heteroatoms. The number of hydrogen-bond acceptors (Lipinski definition) is 6. The maximum Gasteiger partial charge on any atom is 0.407 e. The van der Waals surface area contributed by atoms with Crippen LogP contribution >= 0.6 is 0 Å². The lowest BCUT2D eigenvalue weighted by atomic mass is 10.0. The third kappa shape index (κ3) is 7.45. The summed E-state index contributed by atoms with van der Waals surface area (Å²) in [5.74, 6) is -0.121. The largest absolute Gasteiger partial charge is 0.444 e. The molecule has 0 unspecified atom stereocenters. The average Bonchev–Trinajstić information content (AvgIpc) is 2.99. The fourth-order valence-electron chi connectivity index (χ4n) is 1.99. The molecule has 0 bridgehead atoms. The molecule has 1 aromatic rings. The van der Waals surface area contributed by atoms with Gasteiger partial charge in [0.25, 0.3) is 5.91 Å². The Kier molecular flexibility index (Phi) is 7.70. The number of aliphatic hydroxyl groups excluding tert-OH is 1. The SMILES string of the molecule is CCCC[C@H](NC(=O)OC(C)(C)C)[C@H](O)C(=O)NCc1ccno1. The van der Waals surface area contributed by atoms with Crippen molar-refractivity contribution in [1.29, 1.82) is 0 Å². The van der Waals surface area contributed by atoms with E-state index in [4.69, 9.17) is 9.26 Å². The molecule has 1 rings (SSSR count). The van der Waals surface area contributed by atoms with Gasteiger partial charge in [-0.05, 0) is 27.2 Å². The first kappa shape index (κ1) is 20.0. The quantitative estimate of drug-likeness (QED) is 0.663. The molecule has 2 atom stereocenters. The summed E-state index contributed by atoms with van der Waals surface area (Å²) in [6.07, 6.45) is 1.52. The van der Waals surface area contributed by atoms with Gasteiger partial charge in [-0.3, -0.25) is 4.79 Å². The van der Waals surface area contributed by atoms with Gasteiger partial charge in [-0.25, -0.2) is 4.79 Å². The van der Waals surface area contributed by atoms with Gasteiger partial charge in [-0.1, -0.05) is 24.9 Å². The summed E-state index contributed by atoms with van der Waals surface area (Å²) in [7, 11) is 0. The summed E-state index contributed by atoms with van der Waals surface area (Å²) in [6, 6.07) is 0.884. The van der Waals surface area contributed by atoms with Crippen LogP contribution in [-0.4, -0.2) is 40.0 Å². The van der Waals surface area contributed by atoms with Crippen LogP contribution in [0.3, 0.4) is 0 Å².